The van der Waals surface area contributed by atoms with E-state index in [1.807, 2.05) is 11.0 Å². The summed E-state index contributed by atoms with van der Waals surface area (Å²) in [5.74, 6) is -1.23. The molecule has 0 unspecified atom stereocenters. The predicted octanol–water partition coefficient (Wildman–Crippen LogP) is 3.56. The van der Waals surface area contributed by atoms with E-state index >= 15 is 0 Å². The molecule has 0 aliphatic carbocycles. The van der Waals surface area contributed by atoms with E-state index in [4.69, 9.17) is 0 Å². The molecule has 0 saturated carbocycles. The summed E-state index contributed by atoms with van der Waals surface area (Å²) in [6.07, 6.45) is 0.191. The molecule has 1 aliphatic rings. The largest absolute Gasteiger partial charge is 0.478 e. The first-order valence-corrected chi connectivity index (χ1v) is 11.1. The van der Waals surface area contributed by atoms with Crippen molar-refractivity contribution in [2.75, 3.05) is 22.7 Å². The van der Waals surface area contributed by atoms with Gasteiger partial charge in [0.05, 0.1) is 33.5 Å². The predicted molar refractivity (Wildman–Crippen MR) is 111 cm³/mol. The van der Waals surface area contributed by atoms with Crippen LogP contribution in [0.3, 0.4) is 0 Å². The zero-order chi connectivity index (χ0) is 21.9. The minimum atomic E-state index is -4.13. The molecule has 1 heterocycles. The molecule has 1 fully saturated rings. The van der Waals surface area contributed by atoms with Gasteiger partial charge in [-0.15, -0.1) is 0 Å². The maximum Gasteiger partial charge on any atom is 0.335 e. The third-order valence-corrected chi connectivity index (χ3v) is 6.57. The molecule has 2 aromatic rings. The highest BCUT2D eigenvalue weighted by atomic mass is 32.2. The maximum atomic E-state index is 13.5. The van der Waals surface area contributed by atoms with Gasteiger partial charge in [0.1, 0.15) is 6.17 Å². The van der Waals surface area contributed by atoms with Gasteiger partial charge in [-0.2, -0.15) is 5.26 Å². The van der Waals surface area contributed by atoms with E-state index in [1.54, 1.807) is 19.1 Å². The smallest absolute Gasteiger partial charge is 0.335 e. The second-order valence-electron chi connectivity index (χ2n) is 7.09. The van der Waals surface area contributed by atoms with Crippen molar-refractivity contribution in [2.45, 2.75) is 37.3 Å². The minimum Gasteiger partial charge on any atom is -0.478 e. The van der Waals surface area contributed by atoms with E-state index in [0.717, 1.165) is 6.07 Å². The number of alkyl halides is 1. The fraction of sp³-hybridized carbons (Fsp3) is 0.333. The Hall–Kier alpha value is -3.12. The molecule has 2 N–H and O–H groups in total. The third-order valence-electron chi connectivity index (χ3n) is 5.12. The normalized spacial score (nSPS) is 14.9. The molecule has 158 valence electrons. The van der Waals surface area contributed by atoms with Crippen LogP contribution in [0.15, 0.2) is 41.3 Å². The lowest BCUT2D eigenvalue weighted by molar-refractivity contribution is 0.0696. The summed E-state index contributed by atoms with van der Waals surface area (Å²) < 4.78 is 42.4. The number of anilines is 2. The number of sulfonamides is 1. The second kappa shape index (κ2) is 8.71. The number of halogens is 1. The standard InChI is InChI=1S/C21H22FN3O4S/c1-2-15-4-5-16(21(26)27)12-20(15)30(28,29)24-18-11-14(13-23)3-6-19(18)25-9-7-17(22)8-10-25/h3-6,11-12,17,24H,2,7-10H2,1H3,(H,26,27). The van der Waals surface area contributed by atoms with Gasteiger partial charge in [0.25, 0.3) is 10.0 Å². The first-order chi connectivity index (χ1) is 14.2. The van der Waals surface area contributed by atoms with Crippen molar-refractivity contribution in [3.8, 4) is 6.07 Å². The summed E-state index contributed by atoms with van der Waals surface area (Å²) in [7, 11) is -4.13. The van der Waals surface area contributed by atoms with E-state index in [2.05, 4.69) is 4.72 Å². The van der Waals surface area contributed by atoms with Crippen LogP contribution in [-0.2, 0) is 16.4 Å². The number of aryl methyl sites for hydroxylation is 1. The van der Waals surface area contributed by atoms with Gasteiger partial charge < -0.3 is 10.0 Å². The average molecular weight is 431 g/mol. The van der Waals surface area contributed by atoms with E-state index in [0.29, 0.717) is 43.6 Å². The van der Waals surface area contributed by atoms with Crippen molar-refractivity contribution in [3.63, 3.8) is 0 Å². The molecule has 0 spiro atoms. The number of carboxylic acid groups (broad SMARTS) is 1. The van der Waals surface area contributed by atoms with Gasteiger partial charge in [0.15, 0.2) is 0 Å². The molecule has 7 nitrogen and oxygen atoms in total. The number of carboxylic acids is 1. The number of aromatic carboxylic acids is 1. The SMILES string of the molecule is CCc1ccc(C(=O)O)cc1S(=O)(=O)Nc1cc(C#N)ccc1N1CCC(F)CC1. The fourth-order valence-electron chi connectivity index (χ4n) is 3.48. The number of rotatable bonds is 6. The van der Waals surface area contributed by atoms with Crippen LogP contribution >= 0.6 is 0 Å². The molecule has 9 heteroatoms. The zero-order valence-corrected chi connectivity index (χ0v) is 17.2. The lowest BCUT2D eigenvalue weighted by atomic mass is 10.1. The third kappa shape index (κ3) is 4.54. The molecule has 0 amide bonds. The summed E-state index contributed by atoms with van der Waals surface area (Å²) in [5.41, 5.74) is 1.37. The zero-order valence-electron chi connectivity index (χ0n) is 16.4. The van der Waals surface area contributed by atoms with Crippen LogP contribution in [0.2, 0.25) is 0 Å². The van der Waals surface area contributed by atoms with E-state index < -0.39 is 22.2 Å². The average Bonchev–Trinajstić information content (AvgIpc) is 2.73. The second-order valence-corrected chi connectivity index (χ2v) is 8.74. The quantitative estimate of drug-likeness (QED) is 0.724. The van der Waals surface area contributed by atoms with E-state index in [1.165, 1.54) is 18.2 Å². The Balaban J connectivity index is 2.03. The molecule has 0 atom stereocenters. The van der Waals surface area contributed by atoms with E-state index in [-0.39, 0.29) is 21.7 Å². The first kappa shape index (κ1) is 21.6. The van der Waals surface area contributed by atoms with Crippen LogP contribution < -0.4 is 9.62 Å². The van der Waals surface area contributed by atoms with Gasteiger partial charge in [-0.05, 0) is 55.2 Å². The highest BCUT2D eigenvalue weighted by Crippen LogP contribution is 2.32. The van der Waals surface area contributed by atoms with Crippen LogP contribution in [0.5, 0.6) is 0 Å². The summed E-state index contributed by atoms with van der Waals surface area (Å²) >= 11 is 0. The number of carbonyl (C=O) groups is 1. The number of hydrogen-bond donors (Lipinski definition) is 2. The van der Waals surface area contributed by atoms with Crippen molar-refractivity contribution in [1.82, 2.24) is 0 Å². The molecule has 0 bridgehead atoms. The highest BCUT2D eigenvalue weighted by Gasteiger charge is 2.25. The number of hydrogen-bond acceptors (Lipinski definition) is 5. The fourth-order valence-corrected chi connectivity index (χ4v) is 4.88. The molecular formula is C21H22FN3O4S. The Morgan fingerprint density at radius 3 is 2.57 bits per heavy atom. The minimum absolute atomic E-state index is 0.124. The number of nitrogens with one attached hydrogen (secondary N) is 1. The molecule has 2 aromatic carbocycles. The van der Waals surface area contributed by atoms with Crippen LogP contribution in [0, 0.1) is 11.3 Å². The molecule has 0 aromatic heterocycles. The number of piperidine rings is 1. The first-order valence-electron chi connectivity index (χ1n) is 9.57. The van der Waals surface area contributed by atoms with Crippen LogP contribution in [0.1, 0.15) is 41.3 Å². The summed E-state index contributed by atoms with van der Waals surface area (Å²) in [4.78, 5) is 13.1. The van der Waals surface area contributed by atoms with Crippen LogP contribution in [0.4, 0.5) is 15.8 Å². The molecule has 0 radical (unpaired) electrons. The Morgan fingerprint density at radius 1 is 1.27 bits per heavy atom. The van der Waals surface area contributed by atoms with Gasteiger partial charge in [0.2, 0.25) is 0 Å². The maximum absolute atomic E-state index is 13.5. The Labute approximate surface area is 174 Å². The topological polar surface area (TPSA) is 110 Å². The van der Waals surface area contributed by atoms with Crippen molar-refractivity contribution in [2.24, 2.45) is 0 Å². The van der Waals surface area contributed by atoms with Gasteiger partial charge in [-0.1, -0.05) is 13.0 Å². The monoisotopic (exact) mass is 431 g/mol. The van der Waals surface area contributed by atoms with E-state index in [9.17, 15) is 28.0 Å². The lowest BCUT2D eigenvalue weighted by Crippen LogP contribution is -2.35. The Bertz CT molecular complexity index is 1100. The molecule has 1 saturated heterocycles. The van der Waals surface area contributed by atoms with Crippen molar-refractivity contribution in [1.29, 1.82) is 5.26 Å². The van der Waals surface area contributed by atoms with Gasteiger partial charge in [-0.3, -0.25) is 4.72 Å². The van der Waals surface area contributed by atoms with Crippen LogP contribution in [0.25, 0.3) is 0 Å². The molecule has 1 aliphatic heterocycles. The van der Waals surface area contributed by atoms with Crippen molar-refractivity contribution < 1.29 is 22.7 Å². The van der Waals surface area contributed by atoms with Crippen molar-refractivity contribution >= 4 is 27.4 Å². The summed E-state index contributed by atoms with van der Waals surface area (Å²) in [6, 6.07) is 10.6. The number of benzene rings is 2. The van der Waals surface area contributed by atoms with Gasteiger partial charge >= 0.3 is 5.97 Å². The van der Waals surface area contributed by atoms with Gasteiger partial charge in [0, 0.05) is 13.1 Å². The Kier molecular flexibility index (Phi) is 6.27. The Morgan fingerprint density at radius 2 is 1.97 bits per heavy atom. The highest BCUT2D eigenvalue weighted by molar-refractivity contribution is 7.92. The van der Waals surface area contributed by atoms with Crippen LogP contribution in [-0.4, -0.2) is 38.8 Å². The van der Waals surface area contributed by atoms with Gasteiger partial charge in [-0.25, -0.2) is 17.6 Å². The number of nitrogens with zero attached hydrogens (tertiary/aromatic N) is 2. The summed E-state index contributed by atoms with van der Waals surface area (Å²) in [5, 5.41) is 18.5. The number of nitriles is 1. The molecule has 3 rings (SSSR count). The van der Waals surface area contributed by atoms with Crippen molar-refractivity contribution in [3.05, 3.63) is 53.1 Å². The molecule has 30 heavy (non-hydrogen) atoms. The molecular weight excluding hydrogens is 409 g/mol. The lowest BCUT2D eigenvalue weighted by Gasteiger charge is -2.32. The summed E-state index contributed by atoms with van der Waals surface area (Å²) in [6.45, 7) is 2.63.